The molecule has 0 aromatic heterocycles. The Bertz CT molecular complexity index is 426. The molecule has 0 fully saturated rings. The van der Waals surface area contributed by atoms with E-state index in [1.165, 1.54) is 5.56 Å². The van der Waals surface area contributed by atoms with Gasteiger partial charge in [0.1, 0.15) is 0 Å². The Morgan fingerprint density at radius 3 is 2.43 bits per heavy atom. The van der Waals surface area contributed by atoms with Crippen LogP contribution in [0.5, 0.6) is 0 Å². The SMILES string of the molecule is CCOC(CCN=C(N)Nc1ccc(CC)cc1)C(C)C. The van der Waals surface area contributed by atoms with Crippen LogP contribution in [-0.2, 0) is 11.2 Å². The van der Waals surface area contributed by atoms with Crippen molar-refractivity contribution in [2.24, 2.45) is 16.6 Å². The second-order valence-electron chi connectivity index (χ2n) is 5.47. The fraction of sp³-hybridized carbons (Fsp3) is 0.588. The third-order valence-electron chi connectivity index (χ3n) is 3.45. The van der Waals surface area contributed by atoms with Crippen molar-refractivity contribution in [2.45, 2.75) is 46.6 Å². The Balaban J connectivity index is 2.44. The second kappa shape index (κ2) is 9.40. The molecule has 0 saturated heterocycles. The van der Waals surface area contributed by atoms with Crippen LogP contribution in [0, 0.1) is 5.92 Å². The number of nitrogens with one attached hydrogen (secondary N) is 1. The van der Waals surface area contributed by atoms with Gasteiger partial charge in [-0.25, -0.2) is 0 Å². The first-order chi connectivity index (χ1) is 10.1. The summed E-state index contributed by atoms with van der Waals surface area (Å²) in [6, 6.07) is 8.25. The highest BCUT2D eigenvalue weighted by molar-refractivity contribution is 5.92. The smallest absolute Gasteiger partial charge is 0.193 e. The van der Waals surface area contributed by atoms with Crippen LogP contribution in [0.3, 0.4) is 0 Å². The summed E-state index contributed by atoms with van der Waals surface area (Å²) in [6.45, 7) is 9.91. The summed E-state index contributed by atoms with van der Waals surface area (Å²) >= 11 is 0. The summed E-state index contributed by atoms with van der Waals surface area (Å²) < 4.78 is 5.70. The largest absolute Gasteiger partial charge is 0.378 e. The van der Waals surface area contributed by atoms with E-state index >= 15 is 0 Å². The van der Waals surface area contributed by atoms with E-state index in [0.29, 0.717) is 18.4 Å². The minimum atomic E-state index is 0.246. The molecule has 0 aliphatic heterocycles. The molecule has 1 rings (SSSR count). The highest BCUT2D eigenvalue weighted by atomic mass is 16.5. The van der Waals surface area contributed by atoms with Gasteiger partial charge in [0.05, 0.1) is 6.10 Å². The molecule has 0 aliphatic carbocycles. The Kier molecular flexibility index (Phi) is 7.83. The molecular weight excluding hydrogens is 262 g/mol. The van der Waals surface area contributed by atoms with Crippen molar-refractivity contribution in [3.05, 3.63) is 29.8 Å². The highest BCUT2D eigenvalue weighted by Crippen LogP contribution is 2.11. The van der Waals surface area contributed by atoms with Crippen LogP contribution in [0.25, 0.3) is 0 Å². The lowest BCUT2D eigenvalue weighted by molar-refractivity contribution is 0.0266. The molecule has 4 heteroatoms. The van der Waals surface area contributed by atoms with E-state index in [1.54, 1.807) is 0 Å². The number of aliphatic imine (C=N–C) groups is 1. The number of rotatable bonds is 8. The van der Waals surface area contributed by atoms with Gasteiger partial charge in [0.2, 0.25) is 0 Å². The zero-order valence-corrected chi connectivity index (χ0v) is 13.7. The zero-order valence-electron chi connectivity index (χ0n) is 13.7. The Morgan fingerprint density at radius 2 is 1.90 bits per heavy atom. The van der Waals surface area contributed by atoms with Gasteiger partial charge < -0.3 is 15.8 Å². The predicted octanol–water partition coefficient (Wildman–Crippen LogP) is 3.43. The molecule has 0 saturated carbocycles. The average Bonchev–Trinajstić information content (AvgIpc) is 2.47. The van der Waals surface area contributed by atoms with Crippen molar-refractivity contribution < 1.29 is 4.74 Å². The maximum Gasteiger partial charge on any atom is 0.193 e. The number of aryl methyl sites for hydroxylation is 1. The lowest BCUT2D eigenvalue weighted by atomic mass is 10.0. The summed E-state index contributed by atoms with van der Waals surface area (Å²) in [7, 11) is 0. The molecule has 1 unspecified atom stereocenters. The number of hydrogen-bond acceptors (Lipinski definition) is 2. The first-order valence-electron chi connectivity index (χ1n) is 7.84. The number of nitrogens with zero attached hydrogens (tertiary/aromatic N) is 1. The van der Waals surface area contributed by atoms with Gasteiger partial charge in [-0.1, -0.05) is 32.9 Å². The Hall–Kier alpha value is -1.55. The van der Waals surface area contributed by atoms with Gasteiger partial charge in [-0.3, -0.25) is 4.99 Å². The van der Waals surface area contributed by atoms with Crippen molar-refractivity contribution >= 4 is 11.6 Å². The lowest BCUT2D eigenvalue weighted by Gasteiger charge is -2.19. The second-order valence-corrected chi connectivity index (χ2v) is 5.47. The molecule has 4 nitrogen and oxygen atoms in total. The fourth-order valence-corrected chi connectivity index (χ4v) is 2.15. The Morgan fingerprint density at radius 1 is 1.24 bits per heavy atom. The Labute approximate surface area is 128 Å². The van der Waals surface area contributed by atoms with Gasteiger partial charge in [0.25, 0.3) is 0 Å². The summed E-state index contributed by atoms with van der Waals surface area (Å²) in [5.74, 6) is 0.953. The first kappa shape index (κ1) is 17.5. The van der Waals surface area contributed by atoms with Crippen LogP contribution in [0.4, 0.5) is 5.69 Å². The van der Waals surface area contributed by atoms with Crippen LogP contribution < -0.4 is 11.1 Å². The molecule has 0 radical (unpaired) electrons. The molecule has 0 aliphatic rings. The van der Waals surface area contributed by atoms with E-state index in [1.807, 2.05) is 19.1 Å². The van der Waals surface area contributed by atoms with Crippen LogP contribution in [-0.4, -0.2) is 25.2 Å². The number of anilines is 1. The molecule has 0 heterocycles. The van der Waals surface area contributed by atoms with Crippen molar-refractivity contribution in [1.82, 2.24) is 0 Å². The van der Waals surface area contributed by atoms with Gasteiger partial charge in [-0.05, 0) is 43.4 Å². The van der Waals surface area contributed by atoms with Crippen molar-refractivity contribution in [3.8, 4) is 0 Å². The number of ether oxygens (including phenoxy) is 1. The number of guanidine groups is 1. The van der Waals surface area contributed by atoms with Crippen molar-refractivity contribution in [2.75, 3.05) is 18.5 Å². The minimum absolute atomic E-state index is 0.246. The lowest BCUT2D eigenvalue weighted by Crippen LogP contribution is -2.25. The van der Waals surface area contributed by atoms with E-state index in [4.69, 9.17) is 10.5 Å². The van der Waals surface area contributed by atoms with Gasteiger partial charge in [0, 0.05) is 18.8 Å². The van der Waals surface area contributed by atoms with Crippen LogP contribution >= 0.6 is 0 Å². The number of hydrogen-bond donors (Lipinski definition) is 2. The highest BCUT2D eigenvalue weighted by Gasteiger charge is 2.12. The van der Waals surface area contributed by atoms with E-state index in [9.17, 15) is 0 Å². The molecule has 1 aromatic carbocycles. The summed E-state index contributed by atoms with van der Waals surface area (Å²) in [4.78, 5) is 4.37. The van der Waals surface area contributed by atoms with Crippen molar-refractivity contribution in [1.29, 1.82) is 0 Å². The molecule has 21 heavy (non-hydrogen) atoms. The fourth-order valence-electron chi connectivity index (χ4n) is 2.15. The molecule has 0 amide bonds. The third kappa shape index (κ3) is 6.63. The van der Waals surface area contributed by atoms with Crippen LogP contribution in [0.15, 0.2) is 29.3 Å². The molecule has 1 aromatic rings. The minimum Gasteiger partial charge on any atom is -0.378 e. The molecule has 118 valence electrons. The quantitative estimate of drug-likeness (QED) is 0.570. The van der Waals surface area contributed by atoms with E-state index in [0.717, 1.165) is 25.1 Å². The molecule has 0 bridgehead atoms. The number of nitrogens with two attached hydrogens (primary N) is 1. The predicted molar refractivity (Wildman–Crippen MR) is 90.8 cm³/mol. The molecular formula is C17H29N3O. The maximum atomic E-state index is 5.91. The van der Waals surface area contributed by atoms with Gasteiger partial charge >= 0.3 is 0 Å². The van der Waals surface area contributed by atoms with Crippen LogP contribution in [0.2, 0.25) is 0 Å². The molecule has 3 N–H and O–H groups in total. The van der Waals surface area contributed by atoms with Crippen molar-refractivity contribution in [3.63, 3.8) is 0 Å². The van der Waals surface area contributed by atoms with E-state index in [2.05, 4.69) is 43.2 Å². The first-order valence-corrected chi connectivity index (χ1v) is 7.84. The summed E-state index contributed by atoms with van der Waals surface area (Å²) in [5, 5.41) is 3.12. The normalized spacial score (nSPS) is 13.5. The summed E-state index contributed by atoms with van der Waals surface area (Å²) in [6.07, 6.45) is 2.18. The standard InChI is InChI=1S/C17H29N3O/c1-5-14-7-9-15(10-8-14)20-17(18)19-12-11-16(13(3)4)21-6-2/h7-10,13,16H,5-6,11-12H2,1-4H3,(H3,18,19,20). The monoisotopic (exact) mass is 291 g/mol. The van der Waals surface area contributed by atoms with E-state index < -0.39 is 0 Å². The summed E-state index contributed by atoms with van der Waals surface area (Å²) in [5.41, 5.74) is 8.19. The maximum absolute atomic E-state index is 5.91. The topological polar surface area (TPSA) is 59.6 Å². The van der Waals surface area contributed by atoms with Gasteiger partial charge in [-0.15, -0.1) is 0 Å². The van der Waals surface area contributed by atoms with E-state index in [-0.39, 0.29) is 6.10 Å². The van der Waals surface area contributed by atoms with Gasteiger partial charge in [-0.2, -0.15) is 0 Å². The van der Waals surface area contributed by atoms with Gasteiger partial charge in [0.15, 0.2) is 5.96 Å². The third-order valence-corrected chi connectivity index (χ3v) is 3.45. The number of benzene rings is 1. The molecule has 0 spiro atoms. The molecule has 1 atom stereocenters. The zero-order chi connectivity index (χ0) is 15.7. The van der Waals surface area contributed by atoms with Crippen LogP contribution in [0.1, 0.15) is 39.7 Å². The average molecular weight is 291 g/mol.